The Morgan fingerprint density at radius 2 is 1.48 bits per heavy atom. The average molecular weight is 634 g/mol. The van der Waals surface area contributed by atoms with Crippen molar-refractivity contribution in [2.45, 2.75) is 18.0 Å². The molecule has 0 bridgehead atoms. The summed E-state index contributed by atoms with van der Waals surface area (Å²) in [6.45, 7) is 7.95. The summed E-state index contributed by atoms with van der Waals surface area (Å²) < 4.78 is 60.8. The van der Waals surface area contributed by atoms with Gasteiger partial charge in [-0.2, -0.15) is 13.2 Å². The molecule has 0 unspecified atom stereocenters. The number of piperazine rings is 2. The molecule has 2 saturated heterocycles. The molecule has 0 saturated carbocycles. The number of carboxylic acids is 1. The fourth-order valence-electron chi connectivity index (χ4n) is 4.91. The monoisotopic (exact) mass is 633 g/mol. The van der Waals surface area contributed by atoms with Crippen LogP contribution < -0.4 is 19.8 Å². The van der Waals surface area contributed by atoms with Gasteiger partial charge in [0.05, 0.1) is 16.3 Å². The molecule has 236 valence electrons. The van der Waals surface area contributed by atoms with Gasteiger partial charge in [-0.1, -0.05) is 30.3 Å². The normalized spacial score (nSPS) is 15.7. The first-order chi connectivity index (χ1) is 20.8. The lowest BCUT2D eigenvalue weighted by Crippen LogP contribution is -2.48. The van der Waals surface area contributed by atoms with Crippen LogP contribution in [0.15, 0.2) is 77.7 Å². The summed E-state index contributed by atoms with van der Waals surface area (Å²) in [5.74, 6) is -2.84. The first-order valence-electron chi connectivity index (χ1n) is 13.9. The number of benzene rings is 3. The van der Waals surface area contributed by atoms with Crippen LogP contribution in [0.5, 0.6) is 0 Å². The molecular formula is C30H34F3N5O5S. The predicted molar refractivity (Wildman–Crippen MR) is 162 cm³/mol. The second-order valence-corrected chi connectivity index (χ2v) is 12.0. The van der Waals surface area contributed by atoms with Crippen molar-refractivity contribution in [3.63, 3.8) is 0 Å². The molecule has 3 N–H and O–H groups in total. The van der Waals surface area contributed by atoms with Gasteiger partial charge in [0, 0.05) is 63.6 Å². The Hall–Kier alpha value is -4.30. The highest BCUT2D eigenvalue weighted by molar-refractivity contribution is 7.92. The lowest BCUT2D eigenvalue weighted by Gasteiger charge is -2.36. The van der Waals surface area contributed by atoms with E-state index in [9.17, 15) is 26.4 Å². The van der Waals surface area contributed by atoms with E-state index in [1.807, 2.05) is 17.0 Å². The van der Waals surface area contributed by atoms with Crippen LogP contribution in [0, 0.1) is 6.92 Å². The van der Waals surface area contributed by atoms with Gasteiger partial charge in [0.25, 0.3) is 15.9 Å². The molecule has 2 aliphatic heterocycles. The number of hydrogen-bond acceptors (Lipinski definition) is 7. The highest BCUT2D eigenvalue weighted by atomic mass is 32.2. The third kappa shape index (κ3) is 8.41. The zero-order valence-electron chi connectivity index (χ0n) is 24.0. The predicted octanol–water partition coefficient (Wildman–Crippen LogP) is 3.80. The molecule has 3 aromatic carbocycles. The topological polar surface area (TPSA) is 122 Å². The van der Waals surface area contributed by atoms with Crippen LogP contribution in [0.3, 0.4) is 0 Å². The summed E-state index contributed by atoms with van der Waals surface area (Å²) in [6, 6.07) is 22.1. The SMILES string of the molecule is Cc1cccc(N2CCN(C(=O)c3ccc(N4CCNCC4)c(NS(=O)(=O)c4ccccc4)c3)CC2)c1.O=C(O)C(F)(F)F. The molecule has 3 aromatic rings. The van der Waals surface area contributed by atoms with Crippen molar-refractivity contribution in [3.8, 4) is 0 Å². The van der Waals surface area contributed by atoms with E-state index in [1.54, 1.807) is 36.4 Å². The van der Waals surface area contributed by atoms with Crippen molar-refractivity contribution < 1.29 is 36.3 Å². The van der Waals surface area contributed by atoms with Crippen LogP contribution in [-0.4, -0.2) is 88.8 Å². The molecular weight excluding hydrogens is 599 g/mol. The molecule has 0 atom stereocenters. The minimum Gasteiger partial charge on any atom is -0.475 e. The number of aliphatic carboxylic acids is 1. The number of carbonyl (C=O) groups excluding carboxylic acids is 1. The Balaban J connectivity index is 0.000000566. The molecule has 0 radical (unpaired) electrons. The van der Waals surface area contributed by atoms with E-state index in [1.165, 1.54) is 11.3 Å². The Morgan fingerprint density at radius 1 is 0.841 bits per heavy atom. The molecule has 2 heterocycles. The number of carbonyl (C=O) groups is 2. The molecule has 1 amide bonds. The smallest absolute Gasteiger partial charge is 0.475 e. The zero-order chi connectivity index (χ0) is 31.9. The first kappa shape index (κ1) is 32.6. The Labute approximate surface area is 254 Å². The minimum absolute atomic E-state index is 0.0871. The Kier molecular flexibility index (Phi) is 10.4. The number of nitrogens with zero attached hydrogens (tertiary/aromatic N) is 3. The number of hydrogen-bond donors (Lipinski definition) is 3. The largest absolute Gasteiger partial charge is 0.490 e. The maximum absolute atomic E-state index is 13.5. The molecule has 2 aliphatic rings. The number of halogens is 3. The third-order valence-corrected chi connectivity index (χ3v) is 8.56. The van der Waals surface area contributed by atoms with Gasteiger partial charge in [0.15, 0.2) is 0 Å². The number of alkyl halides is 3. The summed E-state index contributed by atoms with van der Waals surface area (Å²) in [7, 11) is -3.81. The molecule has 0 spiro atoms. The van der Waals surface area contributed by atoms with Crippen LogP contribution >= 0.6 is 0 Å². The summed E-state index contributed by atoms with van der Waals surface area (Å²) >= 11 is 0. The Bertz CT molecular complexity index is 1560. The molecule has 44 heavy (non-hydrogen) atoms. The van der Waals surface area contributed by atoms with Crippen molar-refractivity contribution in [3.05, 3.63) is 83.9 Å². The number of anilines is 3. The molecule has 14 heteroatoms. The van der Waals surface area contributed by atoms with Gasteiger partial charge in [-0.25, -0.2) is 13.2 Å². The first-order valence-corrected chi connectivity index (χ1v) is 15.4. The summed E-state index contributed by atoms with van der Waals surface area (Å²) in [5, 5.41) is 10.4. The maximum atomic E-state index is 13.5. The van der Waals surface area contributed by atoms with Crippen LogP contribution in [0.25, 0.3) is 0 Å². The van der Waals surface area contributed by atoms with Gasteiger partial charge < -0.3 is 25.1 Å². The van der Waals surface area contributed by atoms with Crippen molar-refractivity contribution in [1.29, 1.82) is 0 Å². The second-order valence-electron chi connectivity index (χ2n) is 10.3. The average Bonchev–Trinajstić information content (AvgIpc) is 3.01. The van der Waals surface area contributed by atoms with Gasteiger partial charge in [-0.15, -0.1) is 0 Å². The van der Waals surface area contributed by atoms with Crippen molar-refractivity contribution in [2.75, 3.05) is 66.9 Å². The van der Waals surface area contributed by atoms with E-state index in [0.717, 1.165) is 45.0 Å². The summed E-state index contributed by atoms with van der Waals surface area (Å²) in [6.07, 6.45) is -5.08. The van der Waals surface area contributed by atoms with Crippen LogP contribution in [0.1, 0.15) is 15.9 Å². The highest BCUT2D eigenvalue weighted by Gasteiger charge is 2.38. The maximum Gasteiger partial charge on any atom is 0.490 e. The molecule has 0 aliphatic carbocycles. The number of aryl methyl sites for hydroxylation is 1. The number of nitrogens with one attached hydrogen (secondary N) is 2. The highest BCUT2D eigenvalue weighted by Crippen LogP contribution is 2.31. The standard InChI is InChI=1S/C28H33N5O3S.C2HF3O2/c1-22-6-5-7-24(20-22)31-16-18-33(19-17-31)28(34)23-10-11-27(32-14-12-29-13-15-32)26(21-23)30-37(35,36)25-8-3-2-4-9-25;3-2(4,5)1(6)7/h2-11,20-21,29-30H,12-19H2,1H3;(H,6,7). The molecule has 10 nitrogen and oxygen atoms in total. The van der Waals surface area contributed by atoms with E-state index in [0.29, 0.717) is 24.3 Å². The van der Waals surface area contributed by atoms with Crippen LogP contribution in [0.4, 0.5) is 30.2 Å². The van der Waals surface area contributed by atoms with Crippen molar-refractivity contribution in [2.24, 2.45) is 0 Å². The molecule has 0 aromatic heterocycles. The summed E-state index contributed by atoms with van der Waals surface area (Å²) in [5.41, 5.74) is 4.07. The van der Waals surface area contributed by atoms with Crippen LogP contribution in [-0.2, 0) is 14.8 Å². The fraction of sp³-hybridized carbons (Fsp3) is 0.333. The van der Waals surface area contributed by atoms with E-state index in [2.05, 4.69) is 51.0 Å². The molecule has 2 fully saturated rings. The number of rotatable bonds is 6. The van der Waals surface area contributed by atoms with Crippen molar-refractivity contribution in [1.82, 2.24) is 10.2 Å². The number of amides is 1. The van der Waals surface area contributed by atoms with Gasteiger partial charge in [0.2, 0.25) is 0 Å². The minimum atomic E-state index is -5.08. The number of sulfonamides is 1. The summed E-state index contributed by atoms with van der Waals surface area (Å²) in [4.78, 5) is 28.9. The zero-order valence-corrected chi connectivity index (χ0v) is 24.9. The van der Waals surface area contributed by atoms with Gasteiger partial charge in [0.1, 0.15) is 0 Å². The number of carboxylic acid groups (broad SMARTS) is 1. The third-order valence-electron chi connectivity index (χ3n) is 7.18. The fourth-order valence-corrected chi connectivity index (χ4v) is 6.00. The van der Waals surface area contributed by atoms with E-state index >= 15 is 0 Å². The lowest BCUT2D eigenvalue weighted by molar-refractivity contribution is -0.192. The lowest BCUT2D eigenvalue weighted by atomic mass is 10.1. The quantitative estimate of drug-likeness (QED) is 0.375. The Morgan fingerprint density at radius 3 is 2.07 bits per heavy atom. The molecule has 5 rings (SSSR count). The van der Waals surface area contributed by atoms with Gasteiger partial charge >= 0.3 is 12.1 Å². The van der Waals surface area contributed by atoms with E-state index < -0.39 is 22.2 Å². The van der Waals surface area contributed by atoms with Gasteiger partial charge in [-0.05, 0) is 55.0 Å². The van der Waals surface area contributed by atoms with Crippen molar-refractivity contribution >= 4 is 39.0 Å². The van der Waals surface area contributed by atoms with E-state index in [4.69, 9.17) is 9.90 Å². The van der Waals surface area contributed by atoms with Gasteiger partial charge in [-0.3, -0.25) is 9.52 Å². The second kappa shape index (κ2) is 14.0. The van der Waals surface area contributed by atoms with E-state index in [-0.39, 0.29) is 10.8 Å². The van der Waals surface area contributed by atoms with Crippen LogP contribution in [0.2, 0.25) is 0 Å².